The van der Waals surface area contributed by atoms with Gasteiger partial charge in [0.05, 0.1) is 25.2 Å². The number of aryl methyl sites for hydroxylation is 1. The maximum atomic E-state index is 12.4. The summed E-state index contributed by atoms with van der Waals surface area (Å²) < 4.78 is 16.4. The Morgan fingerprint density at radius 3 is 2.40 bits per heavy atom. The zero-order valence-corrected chi connectivity index (χ0v) is 15.4. The number of esters is 1. The summed E-state index contributed by atoms with van der Waals surface area (Å²) in [5.74, 6) is 0.0796. The highest BCUT2D eigenvalue weighted by atomic mass is 16.6. The molecule has 0 bridgehead atoms. The van der Waals surface area contributed by atoms with Gasteiger partial charge in [0.1, 0.15) is 5.75 Å². The van der Waals surface area contributed by atoms with Gasteiger partial charge in [0.15, 0.2) is 6.10 Å². The standard InChI is InChI=1S/C19H27NO5/c1-13-5-7-17(8-6-13)23-10-9-18(21)25-16(4)19(22)20-11-14(2)24-15(3)12-20/h5-8,14-16H,9-12H2,1-4H3. The van der Waals surface area contributed by atoms with Crippen LogP contribution in [0.5, 0.6) is 5.75 Å². The van der Waals surface area contributed by atoms with Crippen molar-refractivity contribution >= 4 is 11.9 Å². The second kappa shape index (κ2) is 8.85. The highest BCUT2D eigenvalue weighted by Gasteiger charge is 2.30. The molecule has 3 unspecified atom stereocenters. The third-order valence-corrected chi connectivity index (χ3v) is 3.98. The van der Waals surface area contributed by atoms with Crippen LogP contribution >= 0.6 is 0 Å². The van der Waals surface area contributed by atoms with E-state index >= 15 is 0 Å². The maximum absolute atomic E-state index is 12.4. The van der Waals surface area contributed by atoms with Crippen LogP contribution in [-0.4, -0.2) is 54.8 Å². The van der Waals surface area contributed by atoms with E-state index < -0.39 is 12.1 Å². The van der Waals surface area contributed by atoms with Gasteiger partial charge in [-0.25, -0.2) is 0 Å². The first-order valence-electron chi connectivity index (χ1n) is 8.68. The first-order valence-corrected chi connectivity index (χ1v) is 8.68. The zero-order valence-electron chi connectivity index (χ0n) is 15.4. The number of rotatable bonds is 6. The third kappa shape index (κ3) is 6.05. The molecule has 1 aliphatic rings. The summed E-state index contributed by atoms with van der Waals surface area (Å²) in [6, 6.07) is 7.60. The number of carbonyl (C=O) groups is 2. The number of nitrogens with zero attached hydrogens (tertiary/aromatic N) is 1. The number of carbonyl (C=O) groups excluding carboxylic acids is 2. The molecule has 1 amide bonds. The van der Waals surface area contributed by atoms with Crippen LogP contribution < -0.4 is 4.74 Å². The van der Waals surface area contributed by atoms with Gasteiger partial charge in [-0.3, -0.25) is 9.59 Å². The van der Waals surface area contributed by atoms with Gasteiger partial charge in [-0.15, -0.1) is 0 Å². The minimum absolute atomic E-state index is 0.0153. The molecule has 1 saturated heterocycles. The number of hydrogen-bond acceptors (Lipinski definition) is 5. The molecule has 6 heteroatoms. The fraction of sp³-hybridized carbons (Fsp3) is 0.579. The molecular weight excluding hydrogens is 322 g/mol. The topological polar surface area (TPSA) is 65.1 Å². The van der Waals surface area contributed by atoms with E-state index in [4.69, 9.17) is 14.2 Å². The van der Waals surface area contributed by atoms with E-state index in [-0.39, 0.29) is 31.1 Å². The quantitative estimate of drug-likeness (QED) is 0.738. The van der Waals surface area contributed by atoms with Crippen LogP contribution in [0.3, 0.4) is 0 Å². The SMILES string of the molecule is Cc1ccc(OCCC(=O)OC(C)C(=O)N2CC(C)OC(C)C2)cc1. The van der Waals surface area contributed by atoms with Crippen molar-refractivity contribution in [2.45, 2.75) is 52.4 Å². The highest BCUT2D eigenvalue weighted by Crippen LogP contribution is 2.14. The Kier molecular flexibility index (Phi) is 6.82. The van der Waals surface area contributed by atoms with E-state index in [0.29, 0.717) is 18.8 Å². The van der Waals surface area contributed by atoms with Crippen molar-refractivity contribution < 1.29 is 23.8 Å². The summed E-state index contributed by atoms with van der Waals surface area (Å²) in [4.78, 5) is 26.0. The van der Waals surface area contributed by atoms with Gasteiger partial charge < -0.3 is 19.1 Å². The average Bonchev–Trinajstić information content (AvgIpc) is 2.55. The van der Waals surface area contributed by atoms with Gasteiger partial charge >= 0.3 is 5.97 Å². The number of morpholine rings is 1. The summed E-state index contributed by atoms with van der Waals surface area (Å²) in [6.07, 6.45) is -0.733. The number of amides is 1. The Bertz CT molecular complexity index is 576. The Hall–Kier alpha value is -2.08. The molecule has 2 rings (SSSR count). The van der Waals surface area contributed by atoms with Crippen LogP contribution in [0.2, 0.25) is 0 Å². The molecule has 25 heavy (non-hydrogen) atoms. The highest BCUT2D eigenvalue weighted by molar-refractivity contribution is 5.83. The number of benzene rings is 1. The minimum atomic E-state index is -0.802. The van der Waals surface area contributed by atoms with Crippen LogP contribution in [-0.2, 0) is 19.1 Å². The van der Waals surface area contributed by atoms with E-state index in [2.05, 4.69) is 0 Å². The van der Waals surface area contributed by atoms with Crippen LogP contribution in [0.1, 0.15) is 32.8 Å². The van der Waals surface area contributed by atoms with Gasteiger partial charge in [0.25, 0.3) is 5.91 Å². The summed E-state index contributed by atoms with van der Waals surface area (Å²) in [6.45, 7) is 8.70. The molecule has 0 N–H and O–H groups in total. The van der Waals surface area contributed by atoms with Crippen LogP contribution in [0.4, 0.5) is 0 Å². The molecular formula is C19H27NO5. The molecule has 0 aliphatic carbocycles. The van der Waals surface area contributed by atoms with Crippen LogP contribution in [0, 0.1) is 6.92 Å². The van der Waals surface area contributed by atoms with E-state index in [1.807, 2.05) is 45.0 Å². The Balaban J connectivity index is 1.73. The first kappa shape index (κ1) is 19.2. The number of ether oxygens (including phenoxy) is 3. The fourth-order valence-corrected chi connectivity index (χ4v) is 2.81. The molecule has 0 aromatic heterocycles. The van der Waals surface area contributed by atoms with Gasteiger partial charge in [-0.1, -0.05) is 17.7 Å². The lowest BCUT2D eigenvalue weighted by atomic mass is 10.2. The first-order chi connectivity index (χ1) is 11.8. The number of hydrogen-bond donors (Lipinski definition) is 0. The van der Waals surface area contributed by atoms with Crippen LogP contribution in [0.25, 0.3) is 0 Å². The Morgan fingerprint density at radius 2 is 1.80 bits per heavy atom. The third-order valence-electron chi connectivity index (χ3n) is 3.98. The summed E-state index contributed by atoms with van der Waals surface area (Å²) in [5, 5.41) is 0. The zero-order chi connectivity index (χ0) is 18.4. The lowest BCUT2D eigenvalue weighted by molar-refractivity contribution is -0.164. The normalized spacial score (nSPS) is 21.5. The van der Waals surface area contributed by atoms with Crippen molar-refractivity contribution in [3.63, 3.8) is 0 Å². The predicted octanol–water partition coefficient (Wildman–Crippen LogP) is 2.33. The van der Waals surface area contributed by atoms with Crippen molar-refractivity contribution in [3.05, 3.63) is 29.8 Å². The predicted molar refractivity (Wildman–Crippen MR) is 93.4 cm³/mol. The van der Waals surface area contributed by atoms with Crippen molar-refractivity contribution in [1.82, 2.24) is 4.90 Å². The Labute approximate surface area is 149 Å². The maximum Gasteiger partial charge on any atom is 0.310 e. The lowest BCUT2D eigenvalue weighted by Crippen LogP contribution is -2.51. The molecule has 1 aromatic rings. The van der Waals surface area contributed by atoms with Gasteiger partial charge in [-0.2, -0.15) is 0 Å². The molecule has 1 aliphatic heterocycles. The second-order valence-corrected chi connectivity index (χ2v) is 6.54. The minimum Gasteiger partial charge on any atom is -0.493 e. The van der Waals surface area contributed by atoms with Gasteiger partial charge in [0.2, 0.25) is 0 Å². The fourth-order valence-electron chi connectivity index (χ4n) is 2.81. The molecule has 6 nitrogen and oxygen atoms in total. The molecule has 1 heterocycles. The van der Waals surface area contributed by atoms with Crippen molar-refractivity contribution in [2.75, 3.05) is 19.7 Å². The van der Waals surface area contributed by atoms with E-state index in [1.54, 1.807) is 11.8 Å². The van der Waals surface area contributed by atoms with Crippen molar-refractivity contribution in [1.29, 1.82) is 0 Å². The molecule has 0 radical (unpaired) electrons. The Morgan fingerprint density at radius 1 is 1.20 bits per heavy atom. The molecule has 1 aromatic carbocycles. The van der Waals surface area contributed by atoms with Crippen LogP contribution in [0.15, 0.2) is 24.3 Å². The monoisotopic (exact) mass is 349 g/mol. The van der Waals surface area contributed by atoms with Gasteiger partial charge in [0, 0.05) is 13.1 Å². The summed E-state index contributed by atoms with van der Waals surface area (Å²) >= 11 is 0. The average molecular weight is 349 g/mol. The van der Waals surface area contributed by atoms with E-state index in [1.165, 1.54) is 0 Å². The van der Waals surface area contributed by atoms with Gasteiger partial charge in [-0.05, 0) is 39.8 Å². The molecule has 0 saturated carbocycles. The largest absolute Gasteiger partial charge is 0.493 e. The molecule has 0 spiro atoms. The molecule has 138 valence electrons. The molecule has 1 fully saturated rings. The van der Waals surface area contributed by atoms with E-state index in [9.17, 15) is 9.59 Å². The van der Waals surface area contributed by atoms with Crippen molar-refractivity contribution in [2.24, 2.45) is 0 Å². The summed E-state index contributed by atoms with van der Waals surface area (Å²) in [7, 11) is 0. The van der Waals surface area contributed by atoms with E-state index in [0.717, 1.165) is 5.56 Å². The smallest absolute Gasteiger partial charge is 0.310 e. The summed E-state index contributed by atoms with van der Waals surface area (Å²) in [5.41, 5.74) is 1.14. The van der Waals surface area contributed by atoms with Crippen molar-refractivity contribution in [3.8, 4) is 5.75 Å². The molecule has 3 atom stereocenters. The lowest BCUT2D eigenvalue weighted by Gasteiger charge is -2.36. The second-order valence-electron chi connectivity index (χ2n) is 6.54.